The number of benzene rings is 3. The summed E-state index contributed by atoms with van der Waals surface area (Å²) < 4.78 is 13.6. The molecule has 0 bridgehead atoms. The molecule has 1 unspecified atom stereocenters. The van der Waals surface area contributed by atoms with Gasteiger partial charge in [0.1, 0.15) is 28.9 Å². The second kappa shape index (κ2) is 19.2. The second-order valence-corrected chi connectivity index (χ2v) is 18.5. The number of carbonyl (C=O) groups is 5. The zero-order valence-corrected chi connectivity index (χ0v) is 37.6. The highest BCUT2D eigenvalue weighted by atomic mass is 35.5. The van der Waals surface area contributed by atoms with Crippen molar-refractivity contribution < 1.29 is 33.4 Å². The molecule has 5 amide bonds. The molecule has 0 radical (unpaired) electrons. The highest BCUT2D eigenvalue weighted by Gasteiger charge is 2.46. The quantitative estimate of drug-likeness (QED) is 0.0800. The number of nitrogens with zero attached hydrogens (tertiary/aromatic N) is 4. The smallest absolute Gasteiger partial charge is 0.264 e. The summed E-state index contributed by atoms with van der Waals surface area (Å²) in [5.74, 6) is 0.360. The number of pyridine rings is 1. The van der Waals surface area contributed by atoms with Crippen LogP contribution in [0.15, 0.2) is 79.0 Å². The van der Waals surface area contributed by atoms with E-state index in [0.29, 0.717) is 54.1 Å². The molecule has 6 heterocycles. The molecule has 338 valence electrons. The first-order valence-corrected chi connectivity index (χ1v) is 23.4. The van der Waals surface area contributed by atoms with Crippen molar-refractivity contribution in [1.82, 2.24) is 30.8 Å². The molecule has 2 atom stereocenters. The van der Waals surface area contributed by atoms with Gasteiger partial charge in [0.25, 0.3) is 5.91 Å². The summed E-state index contributed by atoms with van der Waals surface area (Å²) in [6, 6.07) is 22.5. The molecule has 0 spiro atoms. The number of para-hydroxylation sites is 1. The lowest BCUT2D eigenvalue weighted by Gasteiger charge is -2.42. The van der Waals surface area contributed by atoms with Crippen molar-refractivity contribution in [2.24, 2.45) is 5.92 Å². The van der Waals surface area contributed by atoms with Gasteiger partial charge in [-0.15, -0.1) is 11.3 Å². The lowest BCUT2D eigenvalue weighted by molar-refractivity contribution is -0.147. The lowest BCUT2D eigenvalue weighted by Crippen LogP contribution is -2.58. The van der Waals surface area contributed by atoms with Crippen molar-refractivity contribution in [3.05, 3.63) is 95.1 Å². The first kappa shape index (κ1) is 44.1. The topological polar surface area (TPSA) is 184 Å². The SMILES string of the molecule is CNC(=O)C1(Oc2ccccc2-c2nc3cccc(Cl)c3s2)CCN(C(=O)[C@H]2CC(=O)Nc3cc(OCCNCC4CCN(c5ccc(C6CCC(=O)NC6=O)cn5)CC4)ccc32)CC1. The standard InChI is InChI=1S/C48H51ClN8O7S/c1-50-47(62)48(64-39-8-3-2-5-34(39)45-54-37-7-4-6-36(49)43(37)65-45)17-22-57(23-18-48)46(61)35-26-42(59)53-38-25-31(10-11-33(35)38)63-24-19-51-27-29-15-20-56(21-16-29)40-13-9-30(28-52-40)32-12-14-41(58)55-44(32)60/h2-11,13,25,28-29,32,35,51H,12,14-24,26-27H2,1H3,(H,50,62)(H,53,59)(H,55,58,60)/t32?,35-/m0/s1. The van der Waals surface area contributed by atoms with Gasteiger partial charge in [-0.1, -0.05) is 41.9 Å². The molecule has 15 nitrogen and oxygen atoms in total. The first-order valence-electron chi connectivity index (χ1n) is 22.2. The Kier molecular flexibility index (Phi) is 13.0. The van der Waals surface area contributed by atoms with Crippen LogP contribution in [0.2, 0.25) is 5.02 Å². The number of rotatable bonds is 13. The number of fused-ring (bicyclic) bond motifs is 2. The van der Waals surface area contributed by atoms with Crippen molar-refractivity contribution in [1.29, 1.82) is 0 Å². The Morgan fingerprint density at radius 1 is 0.938 bits per heavy atom. The molecule has 65 heavy (non-hydrogen) atoms. The molecule has 3 saturated heterocycles. The minimum absolute atomic E-state index is 0.0232. The minimum atomic E-state index is -1.23. The Bertz CT molecular complexity index is 2610. The molecule has 4 aliphatic heterocycles. The Morgan fingerprint density at radius 3 is 2.51 bits per heavy atom. The summed E-state index contributed by atoms with van der Waals surface area (Å²) in [7, 11) is 1.58. The summed E-state index contributed by atoms with van der Waals surface area (Å²) in [4.78, 5) is 78.0. The summed E-state index contributed by atoms with van der Waals surface area (Å²) in [5, 5.41) is 13.0. The Morgan fingerprint density at radius 2 is 1.75 bits per heavy atom. The molecule has 9 rings (SSSR count). The van der Waals surface area contributed by atoms with E-state index in [1.165, 1.54) is 11.3 Å². The summed E-state index contributed by atoms with van der Waals surface area (Å²) in [6.07, 6.45) is 5.18. The van der Waals surface area contributed by atoms with Crippen molar-refractivity contribution in [3.63, 3.8) is 0 Å². The third-order valence-electron chi connectivity index (χ3n) is 13.0. The van der Waals surface area contributed by atoms with Crippen LogP contribution < -0.4 is 35.6 Å². The average molecular weight is 920 g/mol. The van der Waals surface area contributed by atoms with Gasteiger partial charge in [0.15, 0.2) is 5.60 Å². The molecule has 3 fully saturated rings. The van der Waals surface area contributed by atoms with E-state index in [2.05, 4.69) is 31.2 Å². The molecule has 5 aromatic rings. The van der Waals surface area contributed by atoms with Gasteiger partial charge in [-0.3, -0.25) is 29.3 Å². The number of anilines is 2. The molecule has 0 saturated carbocycles. The van der Waals surface area contributed by atoms with Gasteiger partial charge in [-0.2, -0.15) is 0 Å². The largest absolute Gasteiger partial charge is 0.492 e. The van der Waals surface area contributed by atoms with E-state index in [-0.39, 0.29) is 67.8 Å². The number of likely N-dealkylation sites (tertiary alicyclic amines) is 1. The zero-order valence-electron chi connectivity index (χ0n) is 36.1. The number of nitrogens with one attached hydrogen (secondary N) is 4. The van der Waals surface area contributed by atoms with E-state index in [9.17, 15) is 24.0 Å². The van der Waals surface area contributed by atoms with Crippen molar-refractivity contribution in [2.45, 2.75) is 62.4 Å². The van der Waals surface area contributed by atoms with E-state index >= 15 is 0 Å². The first-order chi connectivity index (χ1) is 31.6. The Labute approximate surface area is 385 Å². The normalized spacial score (nSPS) is 19.9. The summed E-state index contributed by atoms with van der Waals surface area (Å²) in [6.45, 7) is 4.25. The minimum Gasteiger partial charge on any atom is -0.492 e. The lowest BCUT2D eigenvalue weighted by atomic mass is 9.86. The van der Waals surface area contributed by atoms with Crippen molar-refractivity contribution in [3.8, 4) is 22.1 Å². The number of hydrogen-bond donors (Lipinski definition) is 4. The number of halogens is 1. The van der Waals surface area contributed by atoms with Crippen LogP contribution in [0.5, 0.6) is 11.5 Å². The monoisotopic (exact) mass is 918 g/mol. The maximum absolute atomic E-state index is 14.2. The van der Waals surface area contributed by atoms with E-state index < -0.39 is 11.5 Å². The van der Waals surface area contributed by atoms with Gasteiger partial charge in [-0.05, 0) is 79.3 Å². The third kappa shape index (κ3) is 9.51. The number of carbonyl (C=O) groups excluding carboxylic acids is 5. The van der Waals surface area contributed by atoms with E-state index in [1.54, 1.807) is 24.2 Å². The zero-order chi connectivity index (χ0) is 45.1. The Hall–Kier alpha value is -6.10. The van der Waals surface area contributed by atoms with E-state index in [0.717, 1.165) is 70.2 Å². The number of thiazole rings is 1. The van der Waals surface area contributed by atoms with E-state index in [4.69, 9.17) is 26.1 Å². The second-order valence-electron chi connectivity index (χ2n) is 17.1. The maximum Gasteiger partial charge on any atom is 0.264 e. The van der Waals surface area contributed by atoms with Gasteiger partial charge in [0, 0.05) is 83.4 Å². The van der Waals surface area contributed by atoms with E-state index in [1.807, 2.05) is 66.7 Å². The van der Waals surface area contributed by atoms with Crippen LogP contribution in [0, 0.1) is 5.92 Å². The predicted molar refractivity (Wildman–Crippen MR) is 248 cm³/mol. The van der Waals surface area contributed by atoms with Crippen LogP contribution in [-0.4, -0.2) is 103 Å². The van der Waals surface area contributed by atoms with Crippen LogP contribution in [0.25, 0.3) is 20.8 Å². The number of piperidine rings is 3. The van der Waals surface area contributed by atoms with Gasteiger partial charge in [0.05, 0.1) is 32.6 Å². The van der Waals surface area contributed by atoms with Crippen LogP contribution in [0.1, 0.15) is 67.9 Å². The van der Waals surface area contributed by atoms with Gasteiger partial charge < -0.3 is 35.2 Å². The fourth-order valence-corrected chi connectivity index (χ4v) is 10.6. The summed E-state index contributed by atoms with van der Waals surface area (Å²) in [5.41, 5.74) is 2.42. The predicted octanol–water partition coefficient (Wildman–Crippen LogP) is 6.03. The highest BCUT2D eigenvalue weighted by molar-refractivity contribution is 7.22. The Balaban J connectivity index is 0.754. The molecular formula is C48H51ClN8O7S. The average Bonchev–Trinajstić information content (AvgIpc) is 3.77. The number of likely N-dealkylation sites (N-methyl/N-ethyl adjacent to an activating group) is 1. The van der Waals surface area contributed by atoms with Crippen molar-refractivity contribution >= 4 is 74.2 Å². The molecular weight excluding hydrogens is 868 g/mol. The van der Waals surface area contributed by atoms with Gasteiger partial charge in [-0.25, -0.2) is 9.97 Å². The number of amides is 5. The summed E-state index contributed by atoms with van der Waals surface area (Å²) >= 11 is 7.93. The van der Waals surface area contributed by atoms with Crippen LogP contribution in [0.4, 0.5) is 11.5 Å². The highest BCUT2D eigenvalue weighted by Crippen LogP contribution is 2.42. The number of ether oxygens (including phenoxy) is 2. The third-order valence-corrected chi connectivity index (χ3v) is 14.6. The number of aromatic nitrogens is 2. The fraction of sp³-hybridized carbons (Fsp3) is 0.396. The van der Waals surface area contributed by atoms with Crippen molar-refractivity contribution in [2.75, 3.05) is 63.1 Å². The van der Waals surface area contributed by atoms with Gasteiger partial charge in [0.2, 0.25) is 23.6 Å². The molecule has 0 aliphatic carbocycles. The molecule has 17 heteroatoms. The fourth-order valence-electron chi connectivity index (χ4n) is 9.36. The van der Waals surface area contributed by atoms with Crippen LogP contribution >= 0.6 is 22.9 Å². The number of imide groups is 1. The maximum atomic E-state index is 14.2. The van der Waals surface area contributed by atoms with Crippen LogP contribution in [-0.2, 0) is 24.0 Å². The molecule has 4 N–H and O–H groups in total. The molecule has 4 aliphatic rings. The number of hydrogen-bond acceptors (Lipinski definition) is 12. The van der Waals surface area contributed by atoms with Crippen LogP contribution in [0.3, 0.4) is 0 Å². The molecule has 3 aromatic carbocycles. The molecule has 2 aromatic heterocycles. The van der Waals surface area contributed by atoms with Gasteiger partial charge >= 0.3 is 0 Å².